The smallest absolute Gasteiger partial charge is 0.357 e. The number of carbonyl (C=O) groups excluding carboxylic acids is 1. The Morgan fingerprint density at radius 2 is 2.24 bits per heavy atom. The zero-order valence-corrected chi connectivity index (χ0v) is 9.89. The second kappa shape index (κ2) is 4.04. The summed E-state index contributed by atoms with van der Waals surface area (Å²) in [5.41, 5.74) is 1.62. The van der Waals surface area contributed by atoms with Gasteiger partial charge in [-0.3, -0.25) is 0 Å². The van der Waals surface area contributed by atoms with Crippen molar-refractivity contribution >= 4 is 11.6 Å². The second-order valence-electron chi connectivity index (χ2n) is 3.69. The van der Waals surface area contributed by atoms with E-state index in [1.54, 1.807) is 26.8 Å². The van der Waals surface area contributed by atoms with Gasteiger partial charge in [-0.25, -0.2) is 9.78 Å². The average Bonchev–Trinajstić information content (AvgIpc) is 2.65. The number of nitrogens with zero attached hydrogens (tertiary/aromatic N) is 3. The zero-order valence-electron chi connectivity index (χ0n) is 9.89. The van der Waals surface area contributed by atoms with Gasteiger partial charge >= 0.3 is 5.97 Å². The van der Waals surface area contributed by atoms with Crippen molar-refractivity contribution in [2.75, 3.05) is 6.61 Å². The van der Waals surface area contributed by atoms with Gasteiger partial charge < -0.3 is 9.84 Å². The minimum Gasteiger partial charge on any atom is -0.493 e. The van der Waals surface area contributed by atoms with Crippen molar-refractivity contribution in [3.63, 3.8) is 0 Å². The molecular formula is C11H13N3O3. The molecule has 2 heterocycles. The number of carbonyl (C=O) groups is 1. The minimum atomic E-state index is -0.540. The van der Waals surface area contributed by atoms with E-state index in [9.17, 15) is 9.90 Å². The van der Waals surface area contributed by atoms with Gasteiger partial charge in [-0.15, -0.1) is 0 Å². The van der Waals surface area contributed by atoms with Gasteiger partial charge in [0.15, 0.2) is 11.3 Å². The van der Waals surface area contributed by atoms with Crippen LogP contribution in [0.5, 0.6) is 5.88 Å². The summed E-state index contributed by atoms with van der Waals surface area (Å²) >= 11 is 0. The molecule has 2 aromatic heterocycles. The van der Waals surface area contributed by atoms with E-state index in [4.69, 9.17) is 4.74 Å². The number of aryl methyl sites for hydroxylation is 1. The molecule has 1 N–H and O–H groups in total. The predicted octanol–water partition coefficient (Wildman–Crippen LogP) is 1.23. The first-order valence-corrected chi connectivity index (χ1v) is 5.27. The van der Waals surface area contributed by atoms with Crippen molar-refractivity contribution in [2.45, 2.75) is 20.8 Å². The lowest BCUT2D eigenvalue weighted by atomic mass is 10.2. The monoisotopic (exact) mass is 235 g/mol. The van der Waals surface area contributed by atoms with E-state index >= 15 is 0 Å². The molecule has 0 amide bonds. The van der Waals surface area contributed by atoms with E-state index < -0.39 is 5.97 Å². The Hall–Kier alpha value is -2.11. The fourth-order valence-electron chi connectivity index (χ4n) is 1.58. The third-order valence-corrected chi connectivity index (χ3v) is 2.40. The fourth-order valence-corrected chi connectivity index (χ4v) is 1.58. The van der Waals surface area contributed by atoms with E-state index in [0.29, 0.717) is 16.9 Å². The van der Waals surface area contributed by atoms with Crippen molar-refractivity contribution in [3.8, 4) is 5.88 Å². The Morgan fingerprint density at radius 3 is 2.88 bits per heavy atom. The average molecular weight is 235 g/mol. The second-order valence-corrected chi connectivity index (χ2v) is 3.69. The van der Waals surface area contributed by atoms with E-state index in [0.717, 1.165) is 0 Å². The van der Waals surface area contributed by atoms with Gasteiger partial charge in [-0.05, 0) is 20.8 Å². The molecule has 0 radical (unpaired) electrons. The highest BCUT2D eigenvalue weighted by Crippen LogP contribution is 2.21. The number of rotatable bonds is 2. The molecule has 6 heteroatoms. The van der Waals surface area contributed by atoms with Crippen molar-refractivity contribution in [1.82, 2.24) is 14.6 Å². The molecule has 90 valence electrons. The van der Waals surface area contributed by atoms with Gasteiger partial charge in [0.1, 0.15) is 0 Å². The first-order chi connectivity index (χ1) is 8.04. The SMILES string of the molecule is CCOC(=O)c1nc2cc(C)nn2c(O)c1C. The van der Waals surface area contributed by atoms with Gasteiger partial charge in [0.2, 0.25) is 5.88 Å². The molecule has 0 aromatic carbocycles. The number of ether oxygens (including phenoxy) is 1. The van der Waals surface area contributed by atoms with Crippen LogP contribution in [0, 0.1) is 13.8 Å². The Morgan fingerprint density at radius 1 is 1.53 bits per heavy atom. The van der Waals surface area contributed by atoms with Gasteiger partial charge in [0.25, 0.3) is 0 Å². The van der Waals surface area contributed by atoms with Crippen LogP contribution >= 0.6 is 0 Å². The molecule has 6 nitrogen and oxygen atoms in total. The molecule has 0 fully saturated rings. The molecule has 0 atom stereocenters. The van der Waals surface area contributed by atoms with Crippen molar-refractivity contribution in [1.29, 1.82) is 0 Å². The molecular weight excluding hydrogens is 222 g/mol. The van der Waals surface area contributed by atoms with Crippen LogP contribution in [0.25, 0.3) is 5.65 Å². The van der Waals surface area contributed by atoms with Crippen LogP contribution in [-0.4, -0.2) is 32.3 Å². The van der Waals surface area contributed by atoms with Crippen molar-refractivity contribution < 1.29 is 14.6 Å². The molecule has 0 saturated heterocycles. The summed E-state index contributed by atoms with van der Waals surface area (Å²) in [7, 11) is 0. The summed E-state index contributed by atoms with van der Waals surface area (Å²) in [6.45, 7) is 5.37. The first kappa shape index (κ1) is 11.4. The molecule has 0 unspecified atom stereocenters. The Kier molecular flexibility index (Phi) is 2.71. The lowest BCUT2D eigenvalue weighted by Gasteiger charge is -2.07. The van der Waals surface area contributed by atoms with Crippen LogP contribution < -0.4 is 0 Å². The molecule has 0 spiro atoms. The van der Waals surface area contributed by atoms with E-state index in [-0.39, 0.29) is 18.2 Å². The molecule has 0 aliphatic carbocycles. The molecule has 0 saturated carbocycles. The van der Waals surface area contributed by atoms with E-state index in [1.807, 2.05) is 0 Å². The number of aromatic nitrogens is 3. The highest BCUT2D eigenvalue weighted by molar-refractivity contribution is 5.90. The molecule has 0 aliphatic heterocycles. The Balaban J connectivity index is 2.64. The highest BCUT2D eigenvalue weighted by atomic mass is 16.5. The van der Waals surface area contributed by atoms with Gasteiger partial charge in [0, 0.05) is 11.6 Å². The summed E-state index contributed by atoms with van der Waals surface area (Å²) in [5, 5.41) is 14.0. The maximum atomic E-state index is 11.6. The summed E-state index contributed by atoms with van der Waals surface area (Å²) in [6, 6.07) is 1.68. The number of fused-ring (bicyclic) bond motifs is 1. The summed E-state index contributed by atoms with van der Waals surface area (Å²) in [5.74, 6) is -0.632. The molecule has 0 aliphatic rings. The molecule has 2 aromatic rings. The number of esters is 1. The van der Waals surface area contributed by atoms with Gasteiger partial charge in [-0.1, -0.05) is 0 Å². The normalized spacial score (nSPS) is 10.8. The topological polar surface area (TPSA) is 76.7 Å². The van der Waals surface area contributed by atoms with E-state index in [2.05, 4.69) is 10.1 Å². The summed E-state index contributed by atoms with van der Waals surface area (Å²) in [4.78, 5) is 15.8. The third-order valence-electron chi connectivity index (χ3n) is 2.40. The van der Waals surface area contributed by atoms with E-state index in [1.165, 1.54) is 4.52 Å². The molecule has 17 heavy (non-hydrogen) atoms. The van der Waals surface area contributed by atoms with Crippen LogP contribution in [-0.2, 0) is 4.74 Å². The lowest BCUT2D eigenvalue weighted by Crippen LogP contribution is -2.11. The van der Waals surface area contributed by atoms with Crippen LogP contribution in [0.3, 0.4) is 0 Å². The lowest BCUT2D eigenvalue weighted by molar-refractivity contribution is 0.0518. The quantitative estimate of drug-likeness (QED) is 0.792. The zero-order chi connectivity index (χ0) is 12.6. The molecule has 2 rings (SSSR count). The van der Waals surface area contributed by atoms with Gasteiger partial charge in [-0.2, -0.15) is 9.61 Å². The Bertz CT molecular complexity index is 589. The molecule has 0 bridgehead atoms. The van der Waals surface area contributed by atoms with Crippen LogP contribution in [0.4, 0.5) is 0 Å². The maximum absolute atomic E-state index is 11.6. The predicted molar refractivity (Wildman–Crippen MR) is 60.1 cm³/mol. The summed E-state index contributed by atoms with van der Waals surface area (Å²) in [6.07, 6.45) is 0. The number of aromatic hydroxyl groups is 1. The highest BCUT2D eigenvalue weighted by Gasteiger charge is 2.18. The summed E-state index contributed by atoms with van der Waals surface area (Å²) < 4.78 is 6.18. The van der Waals surface area contributed by atoms with Crippen LogP contribution in [0.1, 0.15) is 28.7 Å². The Labute approximate surface area is 97.9 Å². The van der Waals surface area contributed by atoms with Crippen molar-refractivity contribution in [3.05, 3.63) is 23.0 Å². The van der Waals surface area contributed by atoms with Gasteiger partial charge in [0.05, 0.1) is 12.3 Å². The fraction of sp³-hybridized carbons (Fsp3) is 0.364. The van der Waals surface area contributed by atoms with Crippen LogP contribution in [0.2, 0.25) is 0 Å². The number of hydrogen-bond acceptors (Lipinski definition) is 5. The minimum absolute atomic E-state index is 0.0915. The van der Waals surface area contributed by atoms with Crippen LogP contribution in [0.15, 0.2) is 6.07 Å². The first-order valence-electron chi connectivity index (χ1n) is 5.27. The maximum Gasteiger partial charge on any atom is 0.357 e. The largest absolute Gasteiger partial charge is 0.493 e. The number of hydrogen-bond donors (Lipinski definition) is 1. The third kappa shape index (κ3) is 1.82. The van der Waals surface area contributed by atoms with Crippen molar-refractivity contribution in [2.24, 2.45) is 0 Å². The standard InChI is InChI=1S/C11H13N3O3/c1-4-17-11(16)9-7(3)10(15)14-8(12-9)5-6(2)13-14/h5,15H,4H2,1-3H3.